The zero-order valence-corrected chi connectivity index (χ0v) is 19.2. The van der Waals surface area contributed by atoms with E-state index in [0.29, 0.717) is 61.1 Å². The van der Waals surface area contributed by atoms with E-state index >= 15 is 0 Å². The van der Waals surface area contributed by atoms with Crippen LogP contribution < -0.4 is 4.74 Å². The van der Waals surface area contributed by atoms with Gasteiger partial charge in [-0.2, -0.15) is 0 Å². The largest absolute Gasteiger partial charge is 0.493 e. The summed E-state index contributed by atoms with van der Waals surface area (Å²) < 4.78 is 5.97. The van der Waals surface area contributed by atoms with E-state index in [2.05, 4.69) is 16.0 Å². The van der Waals surface area contributed by atoms with Crippen molar-refractivity contribution < 1.29 is 14.3 Å². The van der Waals surface area contributed by atoms with E-state index in [1.165, 1.54) is 0 Å². The maximum absolute atomic E-state index is 13.4. The van der Waals surface area contributed by atoms with Crippen LogP contribution in [0, 0.1) is 13.8 Å². The zero-order chi connectivity index (χ0) is 23.4. The van der Waals surface area contributed by atoms with Gasteiger partial charge in [0.1, 0.15) is 11.6 Å². The topological polar surface area (TPSA) is 75.6 Å². The van der Waals surface area contributed by atoms with Gasteiger partial charge >= 0.3 is 0 Å². The molecule has 2 aromatic carbocycles. The summed E-state index contributed by atoms with van der Waals surface area (Å²) in [6.07, 6.45) is 2.23. The van der Waals surface area contributed by atoms with Gasteiger partial charge < -0.3 is 14.5 Å². The smallest absolute Gasteiger partial charge is 0.257 e. The van der Waals surface area contributed by atoms with Crippen molar-refractivity contribution >= 4 is 11.8 Å². The summed E-state index contributed by atoms with van der Waals surface area (Å²) in [4.78, 5) is 38.5. The molecule has 4 rings (SSSR count). The first-order valence-electron chi connectivity index (χ1n) is 11.1. The van der Waals surface area contributed by atoms with Crippen LogP contribution in [-0.4, -0.2) is 51.8 Å². The predicted molar refractivity (Wildman–Crippen MR) is 125 cm³/mol. The molecule has 3 aromatic rings. The van der Waals surface area contributed by atoms with E-state index in [-0.39, 0.29) is 11.8 Å². The maximum atomic E-state index is 13.4. The van der Waals surface area contributed by atoms with Gasteiger partial charge in [-0.3, -0.25) is 9.59 Å². The van der Waals surface area contributed by atoms with Gasteiger partial charge in [0.15, 0.2) is 0 Å². The van der Waals surface area contributed by atoms with E-state index < -0.39 is 0 Å². The van der Waals surface area contributed by atoms with Gasteiger partial charge in [-0.25, -0.2) is 9.97 Å². The molecule has 1 aliphatic heterocycles. The molecular weight excluding hydrogens is 416 g/mol. The SMILES string of the molecule is Cc1ncc(C(=O)N2CCCOc3ccccc3C(=O)N(C)Cc3cccc(c3)C2)c(C)n1. The number of aryl methyl sites for hydroxylation is 2. The summed E-state index contributed by atoms with van der Waals surface area (Å²) in [6, 6.07) is 15.3. The molecule has 0 unspecified atom stereocenters. The second-order valence-electron chi connectivity index (χ2n) is 8.32. The highest BCUT2D eigenvalue weighted by molar-refractivity contribution is 5.97. The first kappa shape index (κ1) is 22.5. The average Bonchev–Trinajstić information content (AvgIpc) is 2.80. The molecule has 7 nitrogen and oxygen atoms in total. The Morgan fingerprint density at radius 1 is 1.03 bits per heavy atom. The lowest BCUT2D eigenvalue weighted by molar-refractivity contribution is 0.0732. The number of para-hydroxylation sites is 1. The first-order valence-corrected chi connectivity index (χ1v) is 11.1. The number of aromatic nitrogens is 2. The van der Waals surface area contributed by atoms with E-state index in [4.69, 9.17) is 4.74 Å². The quantitative estimate of drug-likeness (QED) is 0.571. The number of amides is 2. The van der Waals surface area contributed by atoms with Crippen LogP contribution in [0.1, 0.15) is 49.8 Å². The number of carbonyl (C=O) groups is 2. The minimum absolute atomic E-state index is 0.0836. The predicted octanol–water partition coefficient (Wildman–Crippen LogP) is 3.79. The van der Waals surface area contributed by atoms with Gasteiger partial charge in [0.2, 0.25) is 0 Å². The summed E-state index contributed by atoms with van der Waals surface area (Å²) in [5.74, 6) is 1.02. The normalized spacial score (nSPS) is 14.8. The highest BCUT2D eigenvalue weighted by Gasteiger charge is 2.21. The lowest BCUT2D eigenvalue weighted by Crippen LogP contribution is -2.33. The van der Waals surface area contributed by atoms with Crippen LogP contribution >= 0.6 is 0 Å². The van der Waals surface area contributed by atoms with Crippen LogP contribution in [0.5, 0.6) is 5.75 Å². The molecule has 0 saturated carbocycles. The summed E-state index contributed by atoms with van der Waals surface area (Å²) in [5.41, 5.74) is 3.72. The standard InChI is InChI=1S/C26H28N4O3/c1-18-23(15-27-19(2)28-18)26(32)30-12-7-13-33-24-11-5-4-10-22(24)25(31)29(3)16-20-8-6-9-21(14-20)17-30/h4-6,8-11,14-15H,7,12-13,16-17H2,1-3H3. The monoisotopic (exact) mass is 444 g/mol. The Hall–Kier alpha value is -3.74. The van der Waals surface area contributed by atoms with Crippen LogP contribution in [-0.2, 0) is 13.1 Å². The van der Waals surface area contributed by atoms with Crippen molar-refractivity contribution in [2.75, 3.05) is 20.2 Å². The van der Waals surface area contributed by atoms with Gasteiger partial charge in [0.25, 0.3) is 11.8 Å². The van der Waals surface area contributed by atoms with Crippen molar-refractivity contribution in [2.45, 2.75) is 33.4 Å². The first-order chi connectivity index (χ1) is 15.9. The number of fused-ring (bicyclic) bond motifs is 3. The third-order valence-corrected chi connectivity index (χ3v) is 5.70. The molecule has 33 heavy (non-hydrogen) atoms. The maximum Gasteiger partial charge on any atom is 0.257 e. The molecule has 0 atom stereocenters. The zero-order valence-electron chi connectivity index (χ0n) is 19.2. The Labute approximate surface area is 194 Å². The number of carbonyl (C=O) groups excluding carboxylic acids is 2. The minimum atomic E-state index is -0.0994. The van der Waals surface area contributed by atoms with Gasteiger partial charge in [0.05, 0.1) is 23.4 Å². The second-order valence-corrected chi connectivity index (χ2v) is 8.32. The molecule has 1 aromatic heterocycles. The molecular formula is C26H28N4O3. The van der Waals surface area contributed by atoms with Crippen LogP contribution in [0.15, 0.2) is 54.7 Å². The van der Waals surface area contributed by atoms with Crippen LogP contribution in [0.3, 0.4) is 0 Å². The molecule has 0 fully saturated rings. The highest BCUT2D eigenvalue weighted by Crippen LogP contribution is 2.22. The molecule has 2 heterocycles. The number of nitrogens with zero attached hydrogens (tertiary/aromatic N) is 4. The fourth-order valence-corrected chi connectivity index (χ4v) is 4.02. The average molecular weight is 445 g/mol. The summed E-state index contributed by atoms with van der Waals surface area (Å²) in [7, 11) is 1.79. The van der Waals surface area contributed by atoms with Gasteiger partial charge in [-0.1, -0.05) is 36.4 Å². The molecule has 0 N–H and O–H groups in total. The lowest BCUT2D eigenvalue weighted by Gasteiger charge is -2.25. The van der Waals surface area contributed by atoms with Crippen molar-refractivity contribution in [3.8, 4) is 5.75 Å². The number of hydrogen-bond donors (Lipinski definition) is 0. The van der Waals surface area contributed by atoms with Gasteiger partial charge in [0, 0.05) is 32.9 Å². The van der Waals surface area contributed by atoms with Gasteiger partial charge in [-0.15, -0.1) is 0 Å². The van der Waals surface area contributed by atoms with Crippen LogP contribution in [0.2, 0.25) is 0 Å². The third kappa shape index (κ3) is 5.19. The molecule has 170 valence electrons. The molecule has 0 spiro atoms. The Balaban J connectivity index is 1.66. The van der Waals surface area contributed by atoms with E-state index in [0.717, 1.165) is 11.1 Å². The minimum Gasteiger partial charge on any atom is -0.493 e. The number of ether oxygens (including phenoxy) is 1. The summed E-state index contributed by atoms with van der Waals surface area (Å²) >= 11 is 0. The summed E-state index contributed by atoms with van der Waals surface area (Å²) in [6.45, 7) is 5.45. The molecule has 0 saturated heterocycles. The van der Waals surface area contributed by atoms with Crippen molar-refractivity contribution in [2.24, 2.45) is 0 Å². The number of benzene rings is 2. The molecule has 0 radical (unpaired) electrons. The third-order valence-electron chi connectivity index (χ3n) is 5.70. The van der Waals surface area contributed by atoms with E-state index in [9.17, 15) is 9.59 Å². The van der Waals surface area contributed by atoms with Crippen molar-refractivity contribution in [1.82, 2.24) is 19.8 Å². The molecule has 2 bridgehead atoms. The molecule has 1 aliphatic rings. The fraction of sp³-hybridized carbons (Fsp3) is 0.308. The molecule has 7 heteroatoms. The van der Waals surface area contributed by atoms with Crippen molar-refractivity contribution in [3.05, 3.63) is 88.5 Å². The van der Waals surface area contributed by atoms with Crippen molar-refractivity contribution in [1.29, 1.82) is 0 Å². The Bertz CT molecular complexity index is 1180. The van der Waals surface area contributed by atoms with Crippen molar-refractivity contribution in [3.63, 3.8) is 0 Å². The van der Waals surface area contributed by atoms with E-state index in [1.807, 2.05) is 55.1 Å². The molecule has 2 amide bonds. The second kappa shape index (κ2) is 9.81. The fourth-order valence-electron chi connectivity index (χ4n) is 4.02. The number of rotatable bonds is 1. The summed E-state index contributed by atoms with van der Waals surface area (Å²) in [5, 5.41) is 0. The Kier molecular flexibility index (Phi) is 6.68. The highest BCUT2D eigenvalue weighted by atomic mass is 16.5. The molecule has 0 aliphatic carbocycles. The van der Waals surface area contributed by atoms with E-state index in [1.54, 1.807) is 24.2 Å². The Morgan fingerprint density at radius 2 is 1.79 bits per heavy atom. The van der Waals surface area contributed by atoms with Crippen LogP contribution in [0.25, 0.3) is 0 Å². The van der Waals surface area contributed by atoms with Crippen LogP contribution in [0.4, 0.5) is 0 Å². The lowest BCUT2D eigenvalue weighted by atomic mass is 10.1. The Morgan fingerprint density at radius 3 is 2.58 bits per heavy atom. The number of hydrogen-bond acceptors (Lipinski definition) is 5. The van der Waals surface area contributed by atoms with Gasteiger partial charge in [-0.05, 0) is 43.5 Å².